The Morgan fingerprint density at radius 2 is 2.20 bits per heavy atom. The fourth-order valence-electron chi connectivity index (χ4n) is 1.52. The van der Waals surface area contributed by atoms with Crippen molar-refractivity contribution in [3.63, 3.8) is 0 Å². The summed E-state index contributed by atoms with van der Waals surface area (Å²) in [4.78, 5) is 12.0. The number of benzene rings is 1. The van der Waals surface area contributed by atoms with Gasteiger partial charge in [0, 0.05) is 12.2 Å². The predicted molar refractivity (Wildman–Crippen MR) is 77.8 cm³/mol. The average Bonchev–Trinajstić information content (AvgIpc) is 2.89. The molecule has 0 bridgehead atoms. The van der Waals surface area contributed by atoms with Crippen molar-refractivity contribution in [2.24, 2.45) is 0 Å². The highest BCUT2D eigenvalue weighted by molar-refractivity contribution is 7.17. The molecule has 0 aliphatic heterocycles. The van der Waals surface area contributed by atoms with Gasteiger partial charge in [-0.15, -0.1) is 10.2 Å². The van der Waals surface area contributed by atoms with Gasteiger partial charge in [-0.05, 0) is 31.0 Å². The van der Waals surface area contributed by atoms with Crippen LogP contribution in [0.3, 0.4) is 0 Å². The Kier molecular flexibility index (Phi) is 4.62. The molecule has 1 heterocycles. The van der Waals surface area contributed by atoms with Crippen LogP contribution in [0.5, 0.6) is 0 Å². The minimum atomic E-state index is -0.395. The maximum Gasteiger partial charge on any atom is 0.286 e. The summed E-state index contributed by atoms with van der Waals surface area (Å²) in [5.74, 6) is -0.783. The predicted octanol–water partition coefficient (Wildman–Crippen LogP) is 3.06. The number of carbonyl (C=O) groups excluding carboxylic acids is 1. The monoisotopic (exact) mass is 294 g/mol. The van der Waals surface area contributed by atoms with Crippen molar-refractivity contribution in [3.8, 4) is 0 Å². The molecule has 0 radical (unpaired) electrons. The molecule has 7 heteroatoms. The summed E-state index contributed by atoms with van der Waals surface area (Å²) in [6.45, 7) is 4.61. The third-order valence-corrected chi connectivity index (χ3v) is 3.47. The van der Waals surface area contributed by atoms with Gasteiger partial charge in [-0.2, -0.15) is 0 Å². The molecule has 2 rings (SSSR count). The molecule has 0 saturated heterocycles. The van der Waals surface area contributed by atoms with Crippen LogP contribution in [-0.4, -0.2) is 22.6 Å². The van der Waals surface area contributed by atoms with Crippen LogP contribution < -0.4 is 10.6 Å². The number of nitrogens with one attached hydrogen (secondary N) is 2. The molecule has 2 aromatic rings. The Morgan fingerprint density at radius 3 is 2.95 bits per heavy atom. The molecule has 0 aliphatic carbocycles. The summed E-state index contributed by atoms with van der Waals surface area (Å²) in [5.41, 5.74) is 1.22. The van der Waals surface area contributed by atoms with E-state index in [1.54, 1.807) is 13.0 Å². The zero-order valence-corrected chi connectivity index (χ0v) is 12.1. The van der Waals surface area contributed by atoms with Crippen molar-refractivity contribution in [1.82, 2.24) is 10.2 Å². The molecule has 20 heavy (non-hydrogen) atoms. The van der Waals surface area contributed by atoms with E-state index in [-0.39, 0.29) is 10.9 Å². The van der Waals surface area contributed by atoms with Gasteiger partial charge in [-0.3, -0.25) is 4.79 Å². The van der Waals surface area contributed by atoms with Crippen LogP contribution in [0.15, 0.2) is 18.2 Å². The Bertz CT molecular complexity index is 614. The summed E-state index contributed by atoms with van der Waals surface area (Å²) in [6, 6.07) is 4.24. The Morgan fingerprint density at radius 1 is 1.40 bits per heavy atom. The van der Waals surface area contributed by atoms with Crippen molar-refractivity contribution in [2.75, 3.05) is 17.2 Å². The summed E-state index contributed by atoms with van der Waals surface area (Å²) in [5, 5.41) is 14.2. The normalized spacial score (nSPS) is 10.3. The number of hydrogen-bond donors (Lipinski definition) is 2. The number of aromatic nitrogens is 2. The lowest BCUT2D eigenvalue weighted by Gasteiger charge is -2.06. The van der Waals surface area contributed by atoms with Crippen LogP contribution in [0.1, 0.15) is 28.7 Å². The van der Waals surface area contributed by atoms with Gasteiger partial charge < -0.3 is 10.6 Å². The summed E-state index contributed by atoms with van der Waals surface area (Å²) in [7, 11) is 0. The molecule has 0 saturated carbocycles. The first kappa shape index (κ1) is 14.4. The molecule has 1 amide bonds. The third-order valence-electron chi connectivity index (χ3n) is 2.59. The molecular formula is C13H15FN4OS. The number of rotatable bonds is 5. The SMILES string of the molecule is CCCNc1nnc(C(=O)Nc2cc(F)ccc2C)s1. The fourth-order valence-corrected chi connectivity index (χ4v) is 2.19. The molecule has 0 unspecified atom stereocenters. The Balaban J connectivity index is 2.08. The van der Waals surface area contributed by atoms with Gasteiger partial charge in [0.1, 0.15) is 5.82 Å². The van der Waals surface area contributed by atoms with Crippen molar-refractivity contribution in [3.05, 3.63) is 34.6 Å². The molecule has 1 aromatic heterocycles. The van der Waals surface area contributed by atoms with E-state index >= 15 is 0 Å². The summed E-state index contributed by atoms with van der Waals surface area (Å²) in [6.07, 6.45) is 0.962. The maximum atomic E-state index is 13.2. The number of aryl methyl sites for hydroxylation is 1. The third kappa shape index (κ3) is 3.51. The first-order valence-electron chi connectivity index (χ1n) is 6.25. The zero-order valence-electron chi connectivity index (χ0n) is 11.2. The maximum absolute atomic E-state index is 13.2. The van der Waals surface area contributed by atoms with Gasteiger partial charge in [-0.1, -0.05) is 24.3 Å². The van der Waals surface area contributed by atoms with Crippen LogP contribution in [-0.2, 0) is 0 Å². The van der Waals surface area contributed by atoms with Gasteiger partial charge in [0.25, 0.3) is 5.91 Å². The van der Waals surface area contributed by atoms with E-state index in [1.807, 2.05) is 6.92 Å². The van der Waals surface area contributed by atoms with Crippen LogP contribution in [0, 0.1) is 12.7 Å². The molecule has 0 spiro atoms. The van der Waals surface area contributed by atoms with Crippen LogP contribution in [0.4, 0.5) is 15.2 Å². The molecule has 106 valence electrons. The first-order valence-corrected chi connectivity index (χ1v) is 7.06. The number of nitrogens with zero attached hydrogens (tertiary/aromatic N) is 2. The lowest BCUT2D eigenvalue weighted by molar-refractivity contribution is 0.102. The van der Waals surface area contributed by atoms with Gasteiger partial charge in [0.15, 0.2) is 0 Å². The van der Waals surface area contributed by atoms with Crippen molar-refractivity contribution in [2.45, 2.75) is 20.3 Å². The summed E-state index contributed by atoms with van der Waals surface area (Å²) >= 11 is 1.17. The van der Waals surface area contributed by atoms with E-state index in [0.717, 1.165) is 18.5 Å². The van der Waals surface area contributed by atoms with Crippen LogP contribution >= 0.6 is 11.3 Å². The smallest absolute Gasteiger partial charge is 0.286 e. The number of hydrogen-bond acceptors (Lipinski definition) is 5. The highest BCUT2D eigenvalue weighted by Crippen LogP contribution is 2.19. The van der Waals surface area contributed by atoms with E-state index in [4.69, 9.17) is 0 Å². The number of halogens is 1. The van der Waals surface area contributed by atoms with Crippen LogP contribution in [0.2, 0.25) is 0 Å². The van der Waals surface area contributed by atoms with E-state index in [2.05, 4.69) is 20.8 Å². The Hall–Kier alpha value is -2.02. The second-order valence-electron chi connectivity index (χ2n) is 4.25. The molecular weight excluding hydrogens is 279 g/mol. The first-order chi connectivity index (χ1) is 9.60. The zero-order chi connectivity index (χ0) is 14.5. The molecule has 1 aromatic carbocycles. The van der Waals surface area contributed by atoms with E-state index in [0.29, 0.717) is 10.8 Å². The molecule has 0 atom stereocenters. The Labute approximate surface area is 120 Å². The molecule has 2 N–H and O–H groups in total. The fraction of sp³-hybridized carbons (Fsp3) is 0.308. The minimum Gasteiger partial charge on any atom is -0.360 e. The van der Waals surface area contributed by atoms with Crippen molar-refractivity contribution in [1.29, 1.82) is 0 Å². The molecule has 5 nitrogen and oxygen atoms in total. The lowest BCUT2D eigenvalue weighted by atomic mass is 10.2. The number of amides is 1. The van der Waals surface area contributed by atoms with Gasteiger partial charge >= 0.3 is 0 Å². The summed E-state index contributed by atoms with van der Waals surface area (Å²) < 4.78 is 13.2. The van der Waals surface area contributed by atoms with Crippen LogP contribution in [0.25, 0.3) is 0 Å². The highest BCUT2D eigenvalue weighted by atomic mass is 32.1. The quantitative estimate of drug-likeness (QED) is 0.889. The number of carbonyl (C=O) groups is 1. The van der Waals surface area contributed by atoms with Gasteiger partial charge in [0.2, 0.25) is 10.1 Å². The number of anilines is 2. The largest absolute Gasteiger partial charge is 0.360 e. The topological polar surface area (TPSA) is 66.9 Å². The average molecular weight is 294 g/mol. The second-order valence-corrected chi connectivity index (χ2v) is 5.23. The van der Waals surface area contributed by atoms with Gasteiger partial charge in [0.05, 0.1) is 0 Å². The second kappa shape index (κ2) is 6.42. The minimum absolute atomic E-state index is 0.243. The highest BCUT2D eigenvalue weighted by Gasteiger charge is 2.14. The lowest BCUT2D eigenvalue weighted by Crippen LogP contribution is -2.12. The van der Waals surface area contributed by atoms with Gasteiger partial charge in [-0.25, -0.2) is 4.39 Å². The molecule has 0 aliphatic rings. The molecule has 0 fully saturated rings. The van der Waals surface area contributed by atoms with Crippen molar-refractivity contribution >= 4 is 28.1 Å². The van der Waals surface area contributed by atoms with Crippen molar-refractivity contribution < 1.29 is 9.18 Å². The van der Waals surface area contributed by atoms with E-state index in [9.17, 15) is 9.18 Å². The standard InChI is InChI=1S/C13H15FN4OS/c1-3-6-15-13-18-17-12(20-13)11(19)16-10-7-9(14)5-4-8(10)2/h4-5,7H,3,6H2,1-2H3,(H,15,18)(H,16,19). The van der Waals surface area contributed by atoms with E-state index in [1.165, 1.54) is 23.5 Å². The van der Waals surface area contributed by atoms with E-state index < -0.39 is 5.82 Å².